The molecule has 0 bridgehead atoms. The summed E-state index contributed by atoms with van der Waals surface area (Å²) in [5.74, 6) is -0.113. The Hall–Kier alpha value is -2.16. The van der Waals surface area contributed by atoms with Crippen molar-refractivity contribution in [3.8, 4) is 11.3 Å². The number of amides is 1. The van der Waals surface area contributed by atoms with Gasteiger partial charge in [-0.2, -0.15) is 0 Å². The molecule has 0 saturated carbocycles. The van der Waals surface area contributed by atoms with Gasteiger partial charge in [0.25, 0.3) is 0 Å². The summed E-state index contributed by atoms with van der Waals surface area (Å²) in [7, 11) is 0. The van der Waals surface area contributed by atoms with E-state index in [0.29, 0.717) is 4.57 Å². The van der Waals surface area contributed by atoms with E-state index in [9.17, 15) is 4.79 Å². The van der Waals surface area contributed by atoms with Crippen molar-refractivity contribution in [3.63, 3.8) is 0 Å². The van der Waals surface area contributed by atoms with Crippen LogP contribution in [0.15, 0.2) is 65.6 Å². The van der Waals surface area contributed by atoms with Crippen LogP contribution in [-0.4, -0.2) is 25.4 Å². The first-order valence-electron chi connectivity index (χ1n) is 6.20. The molecule has 3 nitrogen and oxygen atoms in total. The molecule has 1 N–H and O–H groups in total. The third-order valence-corrected chi connectivity index (χ3v) is 4.56. The molecule has 0 atom stereocenters. The van der Waals surface area contributed by atoms with Crippen LogP contribution in [0.2, 0.25) is 0 Å². The molecule has 1 heterocycles. The molecular formula is C16H12N2OSe. The van der Waals surface area contributed by atoms with Crippen LogP contribution in [0.4, 0.5) is 5.69 Å². The summed E-state index contributed by atoms with van der Waals surface area (Å²) in [6.45, 7) is 0. The van der Waals surface area contributed by atoms with Crippen molar-refractivity contribution in [1.29, 1.82) is 0 Å². The predicted octanol–water partition coefficient (Wildman–Crippen LogP) is 3.06. The van der Waals surface area contributed by atoms with E-state index in [2.05, 4.69) is 10.3 Å². The van der Waals surface area contributed by atoms with Crippen LogP contribution >= 0.6 is 0 Å². The van der Waals surface area contributed by atoms with Crippen molar-refractivity contribution in [3.05, 3.63) is 70.2 Å². The summed E-state index contributed by atoms with van der Waals surface area (Å²) in [6, 6.07) is 19.4. The number of aromatic nitrogens is 1. The van der Waals surface area contributed by atoms with E-state index in [4.69, 9.17) is 0 Å². The fourth-order valence-electron chi connectivity index (χ4n) is 1.83. The van der Waals surface area contributed by atoms with Crippen molar-refractivity contribution in [2.75, 3.05) is 5.32 Å². The van der Waals surface area contributed by atoms with Gasteiger partial charge in [-0.3, -0.25) is 0 Å². The van der Waals surface area contributed by atoms with E-state index in [0.717, 1.165) is 16.9 Å². The number of nitrogens with zero attached hydrogens (tertiary/aromatic N) is 1. The molecular weight excluding hydrogens is 315 g/mol. The van der Waals surface area contributed by atoms with Crippen LogP contribution in [0.3, 0.4) is 0 Å². The second-order valence-electron chi connectivity index (χ2n) is 4.22. The summed E-state index contributed by atoms with van der Waals surface area (Å²) < 4.78 is 0.611. The molecule has 0 radical (unpaired) electrons. The van der Waals surface area contributed by atoms with Crippen LogP contribution in [0.25, 0.3) is 11.3 Å². The summed E-state index contributed by atoms with van der Waals surface area (Å²) in [5, 5.41) is 2.87. The monoisotopic (exact) mass is 328 g/mol. The van der Waals surface area contributed by atoms with Gasteiger partial charge in [0.1, 0.15) is 0 Å². The Morgan fingerprint density at radius 3 is 2.30 bits per heavy atom. The Balaban J connectivity index is 1.79. The summed E-state index contributed by atoms with van der Waals surface area (Å²) in [6.07, 6.45) is 0. The molecule has 1 aromatic heterocycles. The van der Waals surface area contributed by atoms with Gasteiger partial charge in [0, 0.05) is 0 Å². The van der Waals surface area contributed by atoms with Crippen molar-refractivity contribution < 1.29 is 4.79 Å². The predicted molar refractivity (Wildman–Crippen MR) is 81.0 cm³/mol. The van der Waals surface area contributed by atoms with Gasteiger partial charge >= 0.3 is 123 Å². The van der Waals surface area contributed by atoms with Crippen LogP contribution in [0, 0.1) is 0 Å². The standard InChI is InChI=1S/C16H12N2OSe/c19-15(17-13-9-5-2-6-10-13)16-18-14(11-20-16)12-7-3-1-4-8-12/h1-11H,(H,17,19). The van der Waals surface area contributed by atoms with E-state index < -0.39 is 0 Å². The van der Waals surface area contributed by atoms with Crippen molar-refractivity contribution >= 4 is 26.1 Å². The summed E-state index contributed by atoms with van der Waals surface area (Å²) in [5.41, 5.74) is 2.74. The van der Waals surface area contributed by atoms with Gasteiger partial charge in [-0.15, -0.1) is 0 Å². The van der Waals surface area contributed by atoms with Crippen molar-refractivity contribution in [2.24, 2.45) is 0 Å². The van der Waals surface area contributed by atoms with Crippen molar-refractivity contribution in [1.82, 2.24) is 4.98 Å². The zero-order chi connectivity index (χ0) is 13.8. The normalized spacial score (nSPS) is 10.2. The number of para-hydroxylation sites is 1. The van der Waals surface area contributed by atoms with E-state index in [1.165, 1.54) is 0 Å². The first kappa shape index (κ1) is 12.9. The molecule has 0 fully saturated rings. The van der Waals surface area contributed by atoms with Crippen LogP contribution in [0.5, 0.6) is 0 Å². The van der Waals surface area contributed by atoms with Gasteiger partial charge in [-0.25, -0.2) is 0 Å². The zero-order valence-electron chi connectivity index (χ0n) is 10.6. The Morgan fingerprint density at radius 1 is 0.950 bits per heavy atom. The first-order valence-corrected chi connectivity index (χ1v) is 8.05. The molecule has 2 aromatic carbocycles. The summed E-state index contributed by atoms with van der Waals surface area (Å²) >= 11 is -0.00988. The van der Waals surface area contributed by atoms with E-state index in [1.54, 1.807) is 0 Å². The Morgan fingerprint density at radius 2 is 1.60 bits per heavy atom. The van der Waals surface area contributed by atoms with Gasteiger partial charge in [-0.1, -0.05) is 0 Å². The molecule has 3 aromatic rings. The molecule has 20 heavy (non-hydrogen) atoms. The van der Waals surface area contributed by atoms with Crippen LogP contribution in [-0.2, 0) is 0 Å². The third-order valence-electron chi connectivity index (χ3n) is 2.80. The topological polar surface area (TPSA) is 42.0 Å². The summed E-state index contributed by atoms with van der Waals surface area (Å²) in [4.78, 5) is 18.6. The number of benzene rings is 2. The quantitative estimate of drug-likeness (QED) is 0.751. The van der Waals surface area contributed by atoms with Crippen molar-refractivity contribution in [2.45, 2.75) is 0 Å². The fraction of sp³-hybridized carbons (Fsp3) is 0. The third kappa shape index (κ3) is 2.87. The number of hydrogen-bond acceptors (Lipinski definition) is 2. The number of carbonyl (C=O) groups is 1. The molecule has 0 aliphatic heterocycles. The zero-order valence-corrected chi connectivity index (χ0v) is 12.3. The van der Waals surface area contributed by atoms with Gasteiger partial charge in [0.05, 0.1) is 0 Å². The molecule has 0 unspecified atom stereocenters. The minimum atomic E-state index is -0.113. The molecule has 98 valence electrons. The molecule has 4 heteroatoms. The number of nitrogens with one attached hydrogen (secondary N) is 1. The SMILES string of the molecule is O=C(Nc1ccccc1)c1nc(-c2ccccc2)c[se]1. The number of rotatable bonds is 3. The number of anilines is 1. The van der Waals surface area contributed by atoms with Gasteiger partial charge < -0.3 is 0 Å². The number of carbonyl (C=O) groups excluding carboxylic acids is 1. The minimum absolute atomic E-state index is 0.00988. The molecule has 0 saturated heterocycles. The Kier molecular flexibility index (Phi) is 3.77. The van der Waals surface area contributed by atoms with E-state index in [1.807, 2.05) is 65.6 Å². The van der Waals surface area contributed by atoms with Gasteiger partial charge in [0.2, 0.25) is 0 Å². The van der Waals surface area contributed by atoms with E-state index in [-0.39, 0.29) is 20.4 Å². The molecule has 0 aliphatic rings. The van der Waals surface area contributed by atoms with Crippen LogP contribution in [0.1, 0.15) is 9.36 Å². The molecule has 1 amide bonds. The second kappa shape index (κ2) is 5.86. The van der Waals surface area contributed by atoms with E-state index >= 15 is 0 Å². The average Bonchev–Trinajstić information content (AvgIpc) is 2.99. The molecule has 0 spiro atoms. The van der Waals surface area contributed by atoms with Gasteiger partial charge in [0.15, 0.2) is 0 Å². The Labute approximate surface area is 123 Å². The van der Waals surface area contributed by atoms with Crippen LogP contribution < -0.4 is 5.32 Å². The molecule has 3 rings (SSSR count). The second-order valence-corrected chi connectivity index (χ2v) is 6.02. The fourth-order valence-corrected chi connectivity index (χ4v) is 3.34. The maximum atomic E-state index is 12.1. The average molecular weight is 327 g/mol. The molecule has 0 aliphatic carbocycles. The number of hydrogen-bond donors (Lipinski definition) is 1. The maximum absolute atomic E-state index is 12.1. The first-order chi connectivity index (χ1) is 9.83. The van der Waals surface area contributed by atoms with Gasteiger partial charge in [-0.05, 0) is 0 Å². The Bertz CT molecular complexity index is 708.